The first-order chi connectivity index (χ1) is 7.79. The number of aliphatic carboxylic acids is 1. The Kier molecular flexibility index (Phi) is 2.79. The van der Waals surface area contributed by atoms with Crippen molar-refractivity contribution in [3.8, 4) is 0 Å². The van der Waals surface area contributed by atoms with E-state index in [2.05, 4.69) is 0 Å². The average molecular weight is 241 g/mol. The van der Waals surface area contributed by atoms with Crippen LogP contribution in [0.15, 0.2) is 0 Å². The average Bonchev–Trinajstić information content (AvgIpc) is 2.72. The van der Waals surface area contributed by atoms with E-state index in [0.717, 1.165) is 19.3 Å². The number of hydrogen-bond donors (Lipinski definition) is 1. The summed E-state index contributed by atoms with van der Waals surface area (Å²) in [6, 6.07) is -0.639. The lowest BCUT2D eigenvalue weighted by Gasteiger charge is -2.34. The van der Waals surface area contributed by atoms with Gasteiger partial charge in [0.25, 0.3) is 0 Å². The van der Waals surface area contributed by atoms with Crippen LogP contribution in [-0.4, -0.2) is 39.8 Å². The topological polar surface area (TPSA) is 66.8 Å². The highest BCUT2D eigenvalue weighted by atomic mass is 16.6. The van der Waals surface area contributed by atoms with Crippen molar-refractivity contribution in [3.63, 3.8) is 0 Å². The summed E-state index contributed by atoms with van der Waals surface area (Å²) in [4.78, 5) is 24.7. The summed E-state index contributed by atoms with van der Waals surface area (Å²) in [6.45, 7) is 5.36. The molecule has 1 amide bonds. The van der Waals surface area contributed by atoms with Crippen LogP contribution < -0.4 is 0 Å². The van der Waals surface area contributed by atoms with Crippen molar-refractivity contribution >= 4 is 12.1 Å². The molecule has 1 aliphatic carbocycles. The van der Waals surface area contributed by atoms with E-state index < -0.39 is 23.7 Å². The van der Waals surface area contributed by atoms with Gasteiger partial charge in [-0.1, -0.05) is 0 Å². The van der Waals surface area contributed by atoms with Gasteiger partial charge in [0.2, 0.25) is 0 Å². The van der Waals surface area contributed by atoms with E-state index in [1.807, 2.05) is 0 Å². The molecule has 0 radical (unpaired) electrons. The maximum absolute atomic E-state index is 12.0. The van der Waals surface area contributed by atoms with E-state index in [-0.39, 0.29) is 12.0 Å². The molecule has 17 heavy (non-hydrogen) atoms. The highest BCUT2D eigenvalue weighted by molar-refractivity contribution is 5.82. The lowest BCUT2D eigenvalue weighted by molar-refractivity contribution is -0.144. The zero-order valence-electron chi connectivity index (χ0n) is 10.5. The molecule has 1 heterocycles. The van der Waals surface area contributed by atoms with Crippen molar-refractivity contribution < 1.29 is 19.4 Å². The molecule has 96 valence electrons. The second-order valence-electron chi connectivity index (χ2n) is 5.90. The number of carbonyl (C=O) groups excluding carboxylic acids is 1. The number of rotatable bonds is 1. The minimum absolute atomic E-state index is 0.0518. The van der Waals surface area contributed by atoms with Crippen LogP contribution in [0.2, 0.25) is 0 Å². The number of hydrogen-bond acceptors (Lipinski definition) is 3. The summed E-state index contributed by atoms with van der Waals surface area (Å²) in [5.41, 5.74) is -0.581. The molecular weight excluding hydrogens is 222 g/mol. The van der Waals surface area contributed by atoms with Crippen molar-refractivity contribution in [2.24, 2.45) is 5.92 Å². The quantitative estimate of drug-likeness (QED) is 0.761. The summed E-state index contributed by atoms with van der Waals surface area (Å²) in [7, 11) is 0. The third kappa shape index (κ3) is 2.23. The van der Waals surface area contributed by atoms with Crippen LogP contribution in [0.3, 0.4) is 0 Å². The van der Waals surface area contributed by atoms with Crippen molar-refractivity contribution in [1.29, 1.82) is 0 Å². The summed E-state index contributed by atoms with van der Waals surface area (Å²) in [6.07, 6.45) is 2.11. The van der Waals surface area contributed by atoms with Gasteiger partial charge in [-0.25, -0.2) is 9.59 Å². The highest BCUT2D eigenvalue weighted by Gasteiger charge is 2.52. The number of carboxylic acids is 1. The molecule has 2 rings (SSSR count). The van der Waals surface area contributed by atoms with Crippen LogP contribution in [-0.2, 0) is 9.53 Å². The van der Waals surface area contributed by atoms with Crippen molar-refractivity contribution in [1.82, 2.24) is 4.90 Å². The van der Waals surface area contributed by atoms with Gasteiger partial charge in [-0.2, -0.15) is 0 Å². The zero-order valence-corrected chi connectivity index (χ0v) is 10.5. The van der Waals surface area contributed by atoms with Crippen molar-refractivity contribution in [2.45, 2.75) is 57.7 Å². The number of likely N-dealkylation sites (tertiary alicyclic amines) is 1. The van der Waals surface area contributed by atoms with E-state index >= 15 is 0 Å². The fourth-order valence-corrected chi connectivity index (χ4v) is 2.88. The van der Waals surface area contributed by atoms with Gasteiger partial charge in [0.1, 0.15) is 11.6 Å². The molecule has 1 aliphatic heterocycles. The first-order valence-electron chi connectivity index (χ1n) is 6.04. The lowest BCUT2D eigenvalue weighted by atomic mass is 9.99. The van der Waals surface area contributed by atoms with Crippen LogP contribution in [0.25, 0.3) is 0 Å². The number of carbonyl (C=O) groups is 2. The molecule has 1 unspecified atom stereocenters. The van der Waals surface area contributed by atoms with E-state index in [1.54, 1.807) is 20.8 Å². The minimum atomic E-state index is -0.914. The van der Waals surface area contributed by atoms with Crippen molar-refractivity contribution in [3.05, 3.63) is 0 Å². The maximum Gasteiger partial charge on any atom is 0.411 e. The maximum atomic E-state index is 12.0. The van der Waals surface area contributed by atoms with Gasteiger partial charge in [0.05, 0.1) is 0 Å². The molecule has 1 saturated carbocycles. The summed E-state index contributed by atoms with van der Waals surface area (Å²) in [5.74, 6) is -0.812. The first kappa shape index (κ1) is 12.2. The molecule has 3 atom stereocenters. The SMILES string of the molecule is CC(C)(C)OC(=O)N1[C@@H]2CCC(C2)[C@H]1C(=O)O. The molecule has 2 aliphatic rings. The Labute approximate surface area is 101 Å². The number of carboxylic acid groups (broad SMARTS) is 1. The second-order valence-corrected chi connectivity index (χ2v) is 5.90. The van der Waals surface area contributed by atoms with Crippen LogP contribution in [0.4, 0.5) is 4.79 Å². The molecule has 0 spiro atoms. The monoisotopic (exact) mass is 241 g/mol. The summed E-state index contributed by atoms with van der Waals surface area (Å²) < 4.78 is 5.28. The normalized spacial score (nSPS) is 31.7. The molecule has 0 aromatic rings. The third-order valence-electron chi connectivity index (χ3n) is 3.44. The Morgan fingerprint density at radius 2 is 1.94 bits per heavy atom. The van der Waals surface area contributed by atoms with Gasteiger partial charge in [0.15, 0.2) is 0 Å². The van der Waals surface area contributed by atoms with Gasteiger partial charge >= 0.3 is 12.1 Å². The number of nitrogens with zero attached hydrogens (tertiary/aromatic N) is 1. The highest BCUT2D eigenvalue weighted by Crippen LogP contribution is 2.43. The number of ether oxygens (including phenoxy) is 1. The van der Waals surface area contributed by atoms with Gasteiger partial charge in [-0.05, 0) is 46.0 Å². The van der Waals surface area contributed by atoms with Crippen LogP contribution in [0.5, 0.6) is 0 Å². The van der Waals surface area contributed by atoms with Gasteiger partial charge < -0.3 is 9.84 Å². The molecule has 2 bridgehead atoms. The second kappa shape index (κ2) is 3.89. The van der Waals surface area contributed by atoms with Gasteiger partial charge in [0, 0.05) is 6.04 Å². The third-order valence-corrected chi connectivity index (χ3v) is 3.44. The molecule has 5 heteroatoms. The Bertz CT molecular complexity index is 347. The lowest BCUT2D eigenvalue weighted by Crippen LogP contribution is -2.50. The molecule has 1 N–H and O–H groups in total. The van der Waals surface area contributed by atoms with E-state index in [1.165, 1.54) is 4.90 Å². The smallest absolute Gasteiger partial charge is 0.411 e. The van der Waals surface area contributed by atoms with Crippen LogP contribution in [0.1, 0.15) is 40.0 Å². The zero-order chi connectivity index (χ0) is 12.8. The Hall–Kier alpha value is -1.26. The van der Waals surface area contributed by atoms with E-state index in [4.69, 9.17) is 4.74 Å². The number of piperidine rings is 1. The van der Waals surface area contributed by atoms with Crippen molar-refractivity contribution in [2.75, 3.05) is 0 Å². The van der Waals surface area contributed by atoms with Gasteiger partial charge in [-0.3, -0.25) is 4.90 Å². The molecule has 5 nitrogen and oxygen atoms in total. The predicted octanol–water partition coefficient (Wildman–Crippen LogP) is 1.86. The Balaban J connectivity index is 2.14. The molecule has 2 fully saturated rings. The Morgan fingerprint density at radius 1 is 1.29 bits per heavy atom. The fourth-order valence-electron chi connectivity index (χ4n) is 2.88. The summed E-state index contributed by atoms with van der Waals surface area (Å²) in [5, 5.41) is 9.20. The van der Waals surface area contributed by atoms with Crippen LogP contribution in [0, 0.1) is 5.92 Å². The fraction of sp³-hybridized carbons (Fsp3) is 0.833. The standard InChI is InChI=1S/C12H19NO4/c1-12(2,3)17-11(16)13-8-5-4-7(6-8)9(13)10(14)15/h7-9H,4-6H2,1-3H3,(H,14,15)/t7?,8-,9+/m1/s1. The predicted molar refractivity (Wildman–Crippen MR) is 60.6 cm³/mol. The number of amides is 1. The first-order valence-corrected chi connectivity index (χ1v) is 6.04. The summed E-state index contributed by atoms with van der Waals surface area (Å²) >= 11 is 0. The minimum Gasteiger partial charge on any atom is -0.480 e. The molecular formula is C12H19NO4. The van der Waals surface area contributed by atoms with Crippen LogP contribution >= 0.6 is 0 Å². The number of fused-ring (bicyclic) bond motifs is 2. The Morgan fingerprint density at radius 3 is 2.47 bits per heavy atom. The van der Waals surface area contributed by atoms with Gasteiger partial charge in [-0.15, -0.1) is 0 Å². The molecule has 0 aromatic carbocycles. The largest absolute Gasteiger partial charge is 0.480 e. The van der Waals surface area contributed by atoms with E-state index in [9.17, 15) is 14.7 Å². The molecule has 1 saturated heterocycles. The van der Waals surface area contributed by atoms with E-state index in [0.29, 0.717) is 0 Å². The molecule has 0 aromatic heterocycles.